The number of amides is 1. The van der Waals surface area contributed by atoms with E-state index in [2.05, 4.69) is 15.4 Å². The van der Waals surface area contributed by atoms with E-state index in [1.54, 1.807) is 16.9 Å². The van der Waals surface area contributed by atoms with Crippen LogP contribution in [0.1, 0.15) is 19.9 Å². The highest BCUT2D eigenvalue weighted by atomic mass is 32.2. The Labute approximate surface area is 131 Å². The van der Waals surface area contributed by atoms with E-state index in [0.717, 1.165) is 11.1 Å². The first kappa shape index (κ1) is 14.6. The average Bonchev–Trinajstić information content (AvgIpc) is 3.10. The van der Waals surface area contributed by atoms with Crippen molar-refractivity contribution < 1.29 is 9.21 Å². The Bertz CT molecular complexity index is 761. The highest BCUT2D eigenvalue weighted by molar-refractivity contribution is 7.99. The quantitative estimate of drug-likeness (QED) is 0.731. The Balaban J connectivity index is 1.61. The van der Waals surface area contributed by atoms with Gasteiger partial charge in [-0.15, -0.1) is 0 Å². The summed E-state index contributed by atoms with van der Waals surface area (Å²) in [5, 5.41) is 7.52. The molecule has 3 aromatic rings. The normalized spacial score (nSPS) is 11.2. The molecule has 2 aromatic heterocycles. The van der Waals surface area contributed by atoms with E-state index in [1.807, 2.05) is 38.1 Å². The van der Waals surface area contributed by atoms with Crippen LogP contribution in [-0.2, 0) is 4.79 Å². The Hall–Kier alpha value is -2.28. The zero-order valence-corrected chi connectivity index (χ0v) is 13.1. The smallest absolute Gasteiger partial charge is 0.257 e. The molecule has 1 amide bonds. The summed E-state index contributed by atoms with van der Waals surface area (Å²) in [6.07, 6.45) is 1.67. The van der Waals surface area contributed by atoms with Crippen LogP contribution in [0.4, 0.5) is 5.82 Å². The third-order valence-corrected chi connectivity index (χ3v) is 3.86. The number of oxazole rings is 1. The Kier molecular flexibility index (Phi) is 4.15. The van der Waals surface area contributed by atoms with Gasteiger partial charge in [0.15, 0.2) is 5.58 Å². The minimum Gasteiger partial charge on any atom is -0.431 e. The number of anilines is 1. The van der Waals surface area contributed by atoms with Crippen molar-refractivity contribution in [3.8, 4) is 0 Å². The Morgan fingerprint density at radius 3 is 2.95 bits per heavy atom. The van der Waals surface area contributed by atoms with Gasteiger partial charge in [0.05, 0.1) is 11.9 Å². The average molecular weight is 316 g/mol. The summed E-state index contributed by atoms with van der Waals surface area (Å²) in [6.45, 7) is 4.02. The van der Waals surface area contributed by atoms with Gasteiger partial charge in [0, 0.05) is 12.1 Å². The molecule has 2 heterocycles. The number of thioether (sulfide) groups is 1. The number of para-hydroxylation sites is 2. The van der Waals surface area contributed by atoms with E-state index >= 15 is 0 Å². The van der Waals surface area contributed by atoms with Gasteiger partial charge in [-0.2, -0.15) is 5.10 Å². The highest BCUT2D eigenvalue weighted by Crippen LogP contribution is 2.23. The van der Waals surface area contributed by atoms with Crippen molar-refractivity contribution in [1.82, 2.24) is 14.8 Å². The van der Waals surface area contributed by atoms with Gasteiger partial charge in [-0.3, -0.25) is 4.79 Å². The van der Waals surface area contributed by atoms with Crippen LogP contribution in [0.3, 0.4) is 0 Å². The number of hydrogen-bond acceptors (Lipinski definition) is 5. The van der Waals surface area contributed by atoms with Gasteiger partial charge in [0.2, 0.25) is 5.91 Å². The van der Waals surface area contributed by atoms with Crippen LogP contribution < -0.4 is 5.32 Å². The van der Waals surface area contributed by atoms with Crippen molar-refractivity contribution >= 4 is 34.6 Å². The van der Waals surface area contributed by atoms with E-state index < -0.39 is 0 Å². The summed E-state index contributed by atoms with van der Waals surface area (Å²) in [5.74, 6) is 0.809. The summed E-state index contributed by atoms with van der Waals surface area (Å²) in [7, 11) is 0. The number of nitrogens with zero attached hydrogens (tertiary/aromatic N) is 3. The molecule has 0 saturated carbocycles. The topological polar surface area (TPSA) is 73.0 Å². The lowest BCUT2D eigenvalue weighted by Gasteiger charge is -2.11. The Morgan fingerprint density at radius 2 is 2.18 bits per heavy atom. The van der Waals surface area contributed by atoms with Gasteiger partial charge < -0.3 is 9.73 Å². The van der Waals surface area contributed by atoms with Crippen molar-refractivity contribution in [2.24, 2.45) is 0 Å². The maximum atomic E-state index is 12.0. The third-order valence-electron chi connectivity index (χ3n) is 3.03. The predicted octanol–water partition coefficient (Wildman–Crippen LogP) is 3.34. The van der Waals surface area contributed by atoms with E-state index in [4.69, 9.17) is 4.42 Å². The molecule has 7 heteroatoms. The predicted molar refractivity (Wildman–Crippen MR) is 86.0 cm³/mol. The number of benzene rings is 1. The van der Waals surface area contributed by atoms with Gasteiger partial charge in [-0.1, -0.05) is 23.9 Å². The van der Waals surface area contributed by atoms with E-state index in [1.165, 1.54) is 11.8 Å². The summed E-state index contributed by atoms with van der Waals surface area (Å²) in [4.78, 5) is 16.4. The zero-order chi connectivity index (χ0) is 15.5. The largest absolute Gasteiger partial charge is 0.431 e. The Morgan fingerprint density at radius 1 is 1.36 bits per heavy atom. The fraction of sp³-hybridized carbons (Fsp3) is 0.267. The molecule has 0 unspecified atom stereocenters. The molecule has 0 spiro atoms. The molecule has 0 aliphatic carbocycles. The molecule has 0 aliphatic heterocycles. The second kappa shape index (κ2) is 6.23. The van der Waals surface area contributed by atoms with Crippen molar-refractivity contribution in [2.45, 2.75) is 25.1 Å². The number of nitrogens with one attached hydrogen (secondary N) is 1. The van der Waals surface area contributed by atoms with Crippen molar-refractivity contribution in [3.63, 3.8) is 0 Å². The number of fused-ring (bicyclic) bond motifs is 1. The summed E-state index contributed by atoms with van der Waals surface area (Å²) < 4.78 is 7.34. The molecule has 0 aliphatic rings. The SMILES string of the molecule is CC(C)n1nccc1NC(=O)CSc1nc2ccccc2o1. The molecule has 0 bridgehead atoms. The van der Waals surface area contributed by atoms with Crippen molar-refractivity contribution in [3.05, 3.63) is 36.5 Å². The fourth-order valence-electron chi connectivity index (χ4n) is 2.04. The molecule has 22 heavy (non-hydrogen) atoms. The molecule has 1 N–H and O–H groups in total. The summed E-state index contributed by atoms with van der Waals surface area (Å²) in [5.41, 5.74) is 1.52. The summed E-state index contributed by atoms with van der Waals surface area (Å²) in [6, 6.07) is 9.50. The maximum Gasteiger partial charge on any atom is 0.257 e. The number of carbonyl (C=O) groups is 1. The van der Waals surface area contributed by atoms with Crippen molar-refractivity contribution in [2.75, 3.05) is 11.1 Å². The maximum absolute atomic E-state index is 12.0. The second-order valence-electron chi connectivity index (χ2n) is 5.04. The molecule has 0 fully saturated rings. The van der Waals surface area contributed by atoms with Crippen molar-refractivity contribution in [1.29, 1.82) is 0 Å². The first-order valence-electron chi connectivity index (χ1n) is 6.95. The van der Waals surface area contributed by atoms with Crippen LogP contribution in [0, 0.1) is 0 Å². The standard InChI is InChI=1S/C15H16N4O2S/c1-10(2)19-13(7-8-16-19)18-14(20)9-22-15-17-11-5-3-4-6-12(11)21-15/h3-8,10H,9H2,1-2H3,(H,18,20). The monoisotopic (exact) mass is 316 g/mol. The lowest BCUT2D eigenvalue weighted by Crippen LogP contribution is -2.18. The molecular weight excluding hydrogens is 300 g/mol. The first-order chi connectivity index (χ1) is 10.6. The highest BCUT2D eigenvalue weighted by Gasteiger charge is 2.12. The van der Waals surface area contributed by atoms with Gasteiger partial charge in [-0.05, 0) is 26.0 Å². The molecule has 114 valence electrons. The second-order valence-corrected chi connectivity index (χ2v) is 5.97. The van der Waals surface area contributed by atoms with Crippen LogP contribution >= 0.6 is 11.8 Å². The van der Waals surface area contributed by atoms with Crippen LogP contribution in [0.2, 0.25) is 0 Å². The molecule has 1 aromatic carbocycles. The lowest BCUT2D eigenvalue weighted by atomic mass is 10.3. The number of rotatable bonds is 5. The molecule has 6 nitrogen and oxygen atoms in total. The van der Waals surface area contributed by atoms with Gasteiger partial charge >= 0.3 is 0 Å². The molecule has 0 radical (unpaired) electrons. The van der Waals surface area contributed by atoms with Gasteiger partial charge in [0.1, 0.15) is 11.3 Å². The van der Waals surface area contributed by atoms with E-state index in [-0.39, 0.29) is 17.7 Å². The van der Waals surface area contributed by atoms with Crippen LogP contribution in [0.25, 0.3) is 11.1 Å². The molecule has 0 atom stereocenters. The zero-order valence-electron chi connectivity index (χ0n) is 12.3. The number of carbonyl (C=O) groups excluding carboxylic acids is 1. The first-order valence-corrected chi connectivity index (χ1v) is 7.94. The minimum atomic E-state index is -0.116. The number of aromatic nitrogens is 3. The molecular formula is C15H16N4O2S. The van der Waals surface area contributed by atoms with E-state index in [0.29, 0.717) is 11.0 Å². The summed E-state index contributed by atoms with van der Waals surface area (Å²) >= 11 is 1.27. The molecule has 3 rings (SSSR count). The van der Waals surface area contributed by atoms with Gasteiger partial charge in [-0.25, -0.2) is 9.67 Å². The minimum absolute atomic E-state index is 0.116. The van der Waals surface area contributed by atoms with E-state index in [9.17, 15) is 4.79 Å². The molecule has 0 saturated heterocycles. The van der Waals surface area contributed by atoms with Gasteiger partial charge in [0.25, 0.3) is 5.22 Å². The van der Waals surface area contributed by atoms with Crippen LogP contribution in [-0.4, -0.2) is 26.4 Å². The van der Waals surface area contributed by atoms with Crippen LogP contribution in [0.5, 0.6) is 0 Å². The third kappa shape index (κ3) is 3.14. The lowest BCUT2D eigenvalue weighted by molar-refractivity contribution is -0.113. The fourth-order valence-corrected chi connectivity index (χ4v) is 2.68. The van der Waals surface area contributed by atoms with Crippen LogP contribution in [0.15, 0.2) is 46.2 Å². The number of hydrogen-bond donors (Lipinski definition) is 1.